The molecule has 1 aromatic carbocycles. The van der Waals surface area contributed by atoms with Crippen molar-refractivity contribution in [2.45, 2.75) is 45.3 Å². The molecule has 1 aliphatic rings. The molecule has 0 aliphatic carbocycles. The molecule has 1 atom stereocenters. The van der Waals surface area contributed by atoms with Crippen LogP contribution in [-0.2, 0) is 27.4 Å². The van der Waals surface area contributed by atoms with Gasteiger partial charge in [0, 0.05) is 32.5 Å². The first-order chi connectivity index (χ1) is 14.0. The Bertz CT molecular complexity index is 825. The number of esters is 1. The fourth-order valence-corrected chi connectivity index (χ4v) is 3.64. The van der Waals surface area contributed by atoms with E-state index in [-0.39, 0.29) is 24.5 Å². The summed E-state index contributed by atoms with van der Waals surface area (Å²) in [7, 11) is 1.73. The standard InChI is InChI=1S/C23H29N3O3/c1-18-8-3-4-10-20(18)16-25(2)22(27)17-29-23(28)21-11-5-6-13-26(21)15-19-9-7-12-24-14-19/h3-4,7-10,12,14,21H,5-6,11,13,15-17H2,1-2H3. The van der Waals surface area contributed by atoms with Gasteiger partial charge in [0.25, 0.3) is 5.91 Å². The summed E-state index contributed by atoms with van der Waals surface area (Å²) in [4.78, 5) is 33.0. The van der Waals surface area contributed by atoms with Gasteiger partial charge in [0.2, 0.25) is 0 Å². The molecule has 154 valence electrons. The van der Waals surface area contributed by atoms with Crippen molar-refractivity contribution < 1.29 is 14.3 Å². The van der Waals surface area contributed by atoms with Gasteiger partial charge < -0.3 is 9.64 Å². The lowest BCUT2D eigenvalue weighted by molar-refractivity contribution is -0.157. The third-order valence-corrected chi connectivity index (χ3v) is 5.43. The SMILES string of the molecule is Cc1ccccc1CN(C)C(=O)COC(=O)C1CCCCN1Cc1cccnc1. The van der Waals surface area contributed by atoms with Crippen molar-refractivity contribution in [2.75, 3.05) is 20.2 Å². The average molecular weight is 396 g/mol. The van der Waals surface area contributed by atoms with Gasteiger partial charge in [-0.25, -0.2) is 0 Å². The minimum Gasteiger partial charge on any atom is -0.454 e. The number of piperidine rings is 1. The summed E-state index contributed by atoms with van der Waals surface area (Å²) < 4.78 is 5.41. The van der Waals surface area contributed by atoms with Gasteiger partial charge >= 0.3 is 5.97 Å². The molecule has 1 fully saturated rings. The number of aromatic nitrogens is 1. The van der Waals surface area contributed by atoms with Crippen LogP contribution < -0.4 is 0 Å². The number of pyridine rings is 1. The van der Waals surface area contributed by atoms with Gasteiger partial charge in [0.05, 0.1) is 0 Å². The Morgan fingerprint density at radius 2 is 2.03 bits per heavy atom. The molecule has 1 amide bonds. The maximum Gasteiger partial charge on any atom is 0.323 e. The summed E-state index contributed by atoms with van der Waals surface area (Å²) in [5.41, 5.74) is 3.29. The van der Waals surface area contributed by atoms with E-state index in [1.165, 1.54) is 0 Å². The van der Waals surface area contributed by atoms with E-state index in [9.17, 15) is 9.59 Å². The van der Waals surface area contributed by atoms with Gasteiger partial charge in [-0.15, -0.1) is 0 Å². The maximum absolute atomic E-state index is 12.7. The summed E-state index contributed by atoms with van der Waals surface area (Å²) in [5, 5.41) is 0. The Morgan fingerprint density at radius 3 is 2.79 bits per heavy atom. The smallest absolute Gasteiger partial charge is 0.323 e. The molecular formula is C23H29N3O3. The van der Waals surface area contributed by atoms with E-state index in [1.54, 1.807) is 18.1 Å². The number of aryl methyl sites for hydroxylation is 1. The van der Waals surface area contributed by atoms with E-state index in [0.717, 1.165) is 42.5 Å². The highest BCUT2D eigenvalue weighted by molar-refractivity contribution is 5.82. The number of likely N-dealkylation sites (N-methyl/N-ethyl adjacent to an activating group) is 1. The first kappa shape index (κ1) is 21.0. The van der Waals surface area contributed by atoms with E-state index in [2.05, 4.69) is 9.88 Å². The number of ether oxygens (including phenoxy) is 1. The predicted octanol–water partition coefficient (Wildman–Crippen LogP) is 2.95. The fraction of sp³-hybridized carbons (Fsp3) is 0.435. The Hall–Kier alpha value is -2.73. The molecule has 2 heterocycles. The summed E-state index contributed by atoms with van der Waals surface area (Å²) in [6.07, 6.45) is 6.37. The molecule has 6 nitrogen and oxygen atoms in total. The van der Waals surface area contributed by atoms with Gasteiger partial charge in [-0.05, 0) is 49.1 Å². The number of hydrogen-bond donors (Lipinski definition) is 0. The molecule has 0 radical (unpaired) electrons. The lowest BCUT2D eigenvalue weighted by Crippen LogP contribution is -2.45. The number of carbonyl (C=O) groups is 2. The van der Waals surface area contributed by atoms with Crippen molar-refractivity contribution in [2.24, 2.45) is 0 Å². The third kappa shape index (κ3) is 5.87. The number of nitrogens with zero attached hydrogens (tertiary/aromatic N) is 3. The van der Waals surface area contributed by atoms with Crippen molar-refractivity contribution in [3.63, 3.8) is 0 Å². The van der Waals surface area contributed by atoms with E-state index < -0.39 is 0 Å². The van der Waals surface area contributed by atoms with Crippen molar-refractivity contribution in [1.29, 1.82) is 0 Å². The van der Waals surface area contributed by atoms with Crippen molar-refractivity contribution in [1.82, 2.24) is 14.8 Å². The molecule has 1 saturated heterocycles. The number of benzene rings is 1. The van der Waals surface area contributed by atoms with Gasteiger partial charge in [0.15, 0.2) is 6.61 Å². The van der Waals surface area contributed by atoms with Crippen LogP contribution in [-0.4, -0.2) is 52.9 Å². The molecule has 2 aromatic rings. The highest BCUT2D eigenvalue weighted by Gasteiger charge is 2.30. The lowest BCUT2D eigenvalue weighted by atomic mass is 10.0. The summed E-state index contributed by atoms with van der Waals surface area (Å²) >= 11 is 0. The Balaban J connectivity index is 1.52. The zero-order valence-electron chi connectivity index (χ0n) is 17.2. The monoisotopic (exact) mass is 395 g/mol. The fourth-order valence-electron chi connectivity index (χ4n) is 3.64. The normalized spacial score (nSPS) is 17.0. The number of likely N-dealkylation sites (tertiary alicyclic amines) is 1. The van der Waals surface area contributed by atoms with Crippen LogP contribution in [0.3, 0.4) is 0 Å². The van der Waals surface area contributed by atoms with Gasteiger partial charge in [0.1, 0.15) is 6.04 Å². The van der Waals surface area contributed by atoms with Crippen LogP contribution in [0.2, 0.25) is 0 Å². The van der Waals surface area contributed by atoms with Crippen molar-refractivity contribution in [3.05, 3.63) is 65.5 Å². The van der Waals surface area contributed by atoms with Gasteiger partial charge in [-0.2, -0.15) is 0 Å². The number of rotatable bonds is 7. The Kier molecular flexibility index (Phi) is 7.36. The first-order valence-corrected chi connectivity index (χ1v) is 10.1. The molecule has 1 aromatic heterocycles. The van der Waals surface area contributed by atoms with Crippen LogP contribution in [0.25, 0.3) is 0 Å². The molecule has 0 saturated carbocycles. The van der Waals surface area contributed by atoms with E-state index >= 15 is 0 Å². The van der Waals surface area contributed by atoms with Crippen LogP contribution in [0, 0.1) is 6.92 Å². The molecule has 6 heteroatoms. The molecule has 29 heavy (non-hydrogen) atoms. The summed E-state index contributed by atoms with van der Waals surface area (Å²) in [6, 6.07) is 11.6. The molecule has 0 spiro atoms. The number of carbonyl (C=O) groups excluding carboxylic acids is 2. The highest BCUT2D eigenvalue weighted by atomic mass is 16.5. The molecule has 0 bridgehead atoms. The number of hydrogen-bond acceptors (Lipinski definition) is 5. The molecule has 0 N–H and O–H groups in total. The zero-order valence-corrected chi connectivity index (χ0v) is 17.2. The minimum absolute atomic E-state index is 0.198. The Labute approximate surface area is 172 Å². The van der Waals surface area contributed by atoms with Crippen molar-refractivity contribution in [3.8, 4) is 0 Å². The highest BCUT2D eigenvalue weighted by Crippen LogP contribution is 2.20. The second-order valence-electron chi connectivity index (χ2n) is 7.63. The second-order valence-corrected chi connectivity index (χ2v) is 7.63. The molecule has 1 aliphatic heterocycles. The van der Waals surface area contributed by atoms with Gasteiger partial charge in [-0.1, -0.05) is 36.8 Å². The zero-order chi connectivity index (χ0) is 20.6. The minimum atomic E-state index is -0.314. The molecule has 1 unspecified atom stereocenters. The molecule has 3 rings (SSSR count). The van der Waals surface area contributed by atoms with E-state index in [1.807, 2.05) is 49.5 Å². The van der Waals surface area contributed by atoms with Gasteiger partial charge in [-0.3, -0.25) is 19.5 Å². The maximum atomic E-state index is 12.7. The predicted molar refractivity (Wildman–Crippen MR) is 111 cm³/mol. The Morgan fingerprint density at radius 1 is 1.21 bits per heavy atom. The largest absolute Gasteiger partial charge is 0.454 e. The first-order valence-electron chi connectivity index (χ1n) is 10.1. The third-order valence-electron chi connectivity index (χ3n) is 5.43. The van der Waals surface area contributed by atoms with Crippen LogP contribution in [0.15, 0.2) is 48.8 Å². The average Bonchev–Trinajstić information content (AvgIpc) is 2.74. The lowest BCUT2D eigenvalue weighted by Gasteiger charge is -2.34. The number of amides is 1. The van der Waals surface area contributed by atoms with E-state index in [4.69, 9.17) is 4.74 Å². The molecular weight excluding hydrogens is 366 g/mol. The van der Waals surface area contributed by atoms with Crippen LogP contribution in [0.4, 0.5) is 0 Å². The quantitative estimate of drug-likeness (QED) is 0.675. The van der Waals surface area contributed by atoms with Crippen LogP contribution in [0.1, 0.15) is 36.0 Å². The van der Waals surface area contributed by atoms with Crippen molar-refractivity contribution >= 4 is 11.9 Å². The summed E-state index contributed by atoms with van der Waals surface area (Å²) in [5.74, 6) is -0.512. The van der Waals surface area contributed by atoms with Crippen LogP contribution in [0.5, 0.6) is 0 Å². The summed E-state index contributed by atoms with van der Waals surface area (Å²) in [6.45, 7) is 3.80. The van der Waals surface area contributed by atoms with E-state index in [0.29, 0.717) is 13.1 Å². The topological polar surface area (TPSA) is 62.7 Å². The van der Waals surface area contributed by atoms with Crippen LogP contribution >= 0.6 is 0 Å². The second kappa shape index (κ2) is 10.2.